The molecule has 26 heavy (non-hydrogen) atoms. The third kappa shape index (κ3) is 4.08. The summed E-state index contributed by atoms with van der Waals surface area (Å²) in [6.45, 7) is 0.147. The maximum Gasteiger partial charge on any atom is 0.319 e. The normalized spacial score (nSPS) is 15.7. The van der Waals surface area contributed by atoms with E-state index in [1.807, 2.05) is 30.3 Å². The Morgan fingerprint density at radius 1 is 1.12 bits per heavy atom. The quantitative estimate of drug-likeness (QED) is 0.712. The molecule has 6 nitrogen and oxygen atoms in total. The van der Waals surface area contributed by atoms with Crippen LogP contribution in [-0.4, -0.2) is 31.9 Å². The van der Waals surface area contributed by atoms with Crippen molar-refractivity contribution >= 4 is 11.7 Å². The first-order valence-electron chi connectivity index (χ1n) is 8.61. The average Bonchev–Trinajstić information content (AvgIpc) is 3.52. The molecular formula is C20H24N2O4. The molecule has 3 rings (SSSR count). The highest BCUT2D eigenvalue weighted by Gasteiger charge is 2.45. The number of rotatable bonds is 7. The number of hydrogen-bond acceptors (Lipinski definition) is 4. The molecule has 2 aromatic carbocycles. The van der Waals surface area contributed by atoms with Gasteiger partial charge in [0.15, 0.2) is 0 Å². The Morgan fingerprint density at radius 2 is 1.73 bits per heavy atom. The van der Waals surface area contributed by atoms with Crippen LogP contribution in [0.15, 0.2) is 48.5 Å². The molecule has 1 atom stereocenters. The van der Waals surface area contributed by atoms with E-state index in [0.29, 0.717) is 17.2 Å². The standard InChI is InChI=1S/C20H24N2O4/c1-25-17-10-16(11-18(12-17)26-2)22-19(23)21-13-20(24,15-8-9-15)14-6-4-3-5-7-14/h3-7,10-12,15,24H,8-9,13H2,1-2H3,(H2,21,22,23). The second-order valence-corrected chi connectivity index (χ2v) is 6.47. The van der Waals surface area contributed by atoms with Crippen molar-refractivity contribution in [3.63, 3.8) is 0 Å². The minimum Gasteiger partial charge on any atom is -0.497 e. The molecule has 0 saturated heterocycles. The number of hydrogen-bond donors (Lipinski definition) is 3. The van der Waals surface area contributed by atoms with Crippen LogP contribution >= 0.6 is 0 Å². The molecule has 1 unspecified atom stereocenters. The number of amides is 2. The largest absolute Gasteiger partial charge is 0.497 e. The summed E-state index contributed by atoms with van der Waals surface area (Å²) in [6, 6.07) is 14.2. The van der Waals surface area contributed by atoms with Crippen molar-refractivity contribution in [2.45, 2.75) is 18.4 Å². The fraction of sp³-hybridized carbons (Fsp3) is 0.350. The lowest BCUT2D eigenvalue weighted by atomic mass is 9.89. The van der Waals surface area contributed by atoms with Crippen molar-refractivity contribution in [1.29, 1.82) is 0 Å². The van der Waals surface area contributed by atoms with E-state index in [0.717, 1.165) is 18.4 Å². The monoisotopic (exact) mass is 356 g/mol. The number of urea groups is 1. The first kappa shape index (κ1) is 18.1. The van der Waals surface area contributed by atoms with Gasteiger partial charge in [-0.05, 0) is 24.3 Å². The molecule has 1 aliphatic rings. The van der Waals surface area contributed by atoms with Crippen molar-refractivity contribution in [3.05, 3.63) is 54.1 Å². The predicted octanol–water partition coefficient (Wildman–Crippen LogP) is 3.12. The minimum absolute atomic E-state index is 0.147. The molecule has 1 aliphatic carbocycles. The van der Waals surface area contributed by atoms with E-state index in [1.54, 1.807) is 32.4 Å². The summed E-state index contributed by atoms with van der Waals surface area (Å²) in [5, 5.41) is 16.7. The van der Waals surface area contributed by atoms with Crippen LogP contribution in [0, 0.1) is 5.92 Å². The molecule has 1 saturated carbocycles. The molecule has 0 aromatic heterocycles. The highest BCUT2D eigenvalue weighted by Crippen LogP contribution is 2.45. The first-order chi connectivity index (χ1) is 12.5. The summed E-state index contributed by atoms with van der Waals surface area (Å²) in [5.41, 5.74) is 0.323. The van der Waals surface area contributed by atoms with E-state index in [9.17, 15) is 9.90 Å². The van der Waals surface area contributed by atoms with Crippen LogP contribution in [0.25, 0.3) is 0 Å². The van der Waals surface area contributed by atoms with E-state index < -0.39 is 11.6 Å². The summed E-state index contributed by atoms with van der Waals surface area (Å²) < 4.78 is 10.4. The van der Waals surface area contributed by atoms with Crippen LogP contribution in [-0.2, 0) is 5.60 Å². The van der Waals surface area contributed by atoms with Gasteiger partial charge in [-0.25, -0.2) is 4.79 Å². The molecule has 1 fully saturated rings. The van der Waals surface area contributed by atoms with Gasteiger partial charge in [0.05, 0.1) is 20.8 Å². The Morgan fingerprint density at radius 3 is 2.27 bits per heavy atom. The number of anilines is 1. The third-order valence-corrected chi connectivity index (χ3v) is 4.65. The Bertz CT molecular complexity index is 739. The number of nitrogens with one attached hydrogen (secondary N) is 2. The molecule has 0 bridgehead atoms. The Hall–Kier alpha value is -2.73. The highest BCUT2D eigenvalue weighted by molar-refractivity contribution is 5.89. The lowest BCUT2D eigenvalue weighted by Gasteiger charge is -2.29. The summed E-state index contributed by atoms with van der Waals surface area (Å²) in [7, 11) is 3.10. The SMILES string of the molecule is COc1cc(NC(=O)NCC(O)(c2ccccc2)C2CC2)cc(OC)c1. The zero-order valence-corrected chi connectivity index (χ0v) is 15.0. The highest BCUT2D eigenvalue weighted by atomic mass is 16.5. The maximum atomic E-state index is 12.3. The number of carbonyl (C=O) groups excluding carboxylic acids is 1. The molecule has 2 aromatic rings. The first-order valence-corrected chi connectivity index (χ1v) is 8.61. The van der Waals surface area contributed by atoms with Gasteiger partial charge < -0.3 is 25.2 Å². The van der Waals surface area contributed by atoms with Crippen LogP contribution in [0.1, 0.15) is 18.4 Å². The number of ether oxygens (including phenoxy) is 2. The molecular weight excluding hydrogens is 332 g/mol. The Labute approximate surface area is 153 Å². The van der Waals surface area contributed by atoms with Crippen molar-refractivity contribution in [2.75, 3.05) is 26.1 Å². The number of aliphatic hydroxyl groups is 1. The average molecular weight is 356 g/mol. The Balaban J connectivity index is 1.66. The second kappa shape index (κ2) is 7.66. The van der Waals surface area contributed by atoms with Crippen LogP contribution in [0.5, 0.6) is 11.5 Å². The predicted molar refractivity (Wildman–Crippen MR) is 99.6 cm³/mol. The summed E-state index contributed by atoms with van der Waals surface area (Å²) >= 11 is 0. The zero-order valence-electron chi connectivity index (χ0n) is 15.0. The molecule has 6 heteroatoms. The van der Waals surface area contributed by atoms with E-state index >= 15 is 0 Å². The molecule has 0 heterocycles. The van der Waals surface area contributed by atoms with Gasteiger partial charge in [-0.2, -0.15) is 0 Å². The smallest absolute Gasteiger partial charge is 0.319 e. The molecule has 138 valence electrons. The van der Waals surface area contributed by atoms with Gasteiger partial charge >= 0.3 is 6.03 Å². The lowest BCUT2D eigenvalue weighted by Crippen LogP contribution is -2.43. The number of methoxy groups -OCH3 is 2. The molecule has 3 N–H and O–H groups in total. The van der Waals surface area contributed by atoms with E-state index in [2.05, 4.69) is 10.6 Å². The molecule has 0 aliphatic heterocycles. The number of benzene rings is 2. The minimum atomic E-state index is -1.05. The van der Waals surface area contributed by atoms with E-state index in [-0.39, 0.29) is 12.5 Å². The van der Waals surface area contributed by atoms with E-state index in [4.69, 9.17) is 9.47 Å². The van der Waals surface area contributed by atoms with Gasteiger partial charge in [-0.3, -0.25) is 0 Å². The van der Waals surface area contributed by atoms with Crippen molar-refractivity contribution in [3.8, 4) is 11.5 Å². The van der Waals surface area contributed by atoms with Gasteiger partial charge in [0.25, 0.3) is 0 Å². The van der Waals surface area contributed by atoms with Crippen LogP contribution < -0.4 is 20.1 Å². The van der Waals surface area contributed by atoms with Crippen LogP contribution in [0.3, 0.4) is 0 Å². The van der Waals surface area contributed by atoms with Crippen LogP contribution in [0.4, 0.5) is 10.5 Å². The van der Waals surface area contributed by atoms with Gasteiger partial charge in [0, 0.05) is 23.9 Å². The van der Waals surface area contributed by atoms with Gasteiger partial charge in [-0.15, -0.1) is 0 Å². The van der Waals surface area contributed by atoms with Crippen molar-refractivity contribution < 1.29 is 19.4 Å². The molecule has 2 amide bonds. The zero-order chi connectivity index (χ0) is 18.6. The lowest BCUT2D eigenvalue weighted by molar-refractivity contribution is 0.0164. The third-order valence-electron chi connectivity index (χ3n) is 4.65. The number of carbonyl (C=O) groups is 1. The topological polar surface area (TPSA) is 79.8 Å². The van der Waals surface area contributed by atoms with Crippen molar-refractivity contribution in [1.82, 2.24) is 5.32 Å². The van der Waals surface area contributed by atoms with Crippen LogP contribution in [0.2, 0.25) is 0 Å². The fourth-order valence-electron chi connectivity index (χ4n) is 3.04. The van der Waals surface area contributed by atoms with Gasteiger partial charge in [-0.1, -0.05) is 30.3 Å². The summed E-state index contributed by atoms with van der Waals surface area (Å²) in [5.74, 6) is 1.33. The Kier molecular flexibility index (Phi) is 5.32. The molecule has 0 spiro atoms. The second-order valence-electron chi connectivity index (χ2n) is 6.47. The van der Waals surface area contributed by atoms with E-state index in [1.165, 1.54) is 0 Å². The molecule has 0 radical (unpaired) electrons. The van der Waals surface area contributed by atoms with Crippen molar-refractivity contribution in [2.24, 2.45) is 5.92 Å². The fourth-order valence-corrected chi connectivity index (χ4v) is 3.04. The van der Waals surface area contributed by atoms with Gasteiger partial charge in [0.1, 0.15) is 17.1 Å². The summed E-state index contributed by atoms with van der Waals surface area (Å²) in [6.07, 6.45) is 1.92. The maximum absolute atomic E-state index is 12.3. The summed E-state index contributed by atoms with van der Waals surface area (Å²) in [4.78, 5) is 12.3. The van der Waals surface area contributed by atoms with Gasteiger partial charge in [0.2, 0.25) is 0 Å².